The van der Waals surface area contributed by atoms with E-state index in [0.29, 0.717) is 18.0 Å². The summed E-state index contributed by atoms with van der Waals surface area (Å²) in [5.41, 5.74) is -0.191. The normalized spacial score (nSPS) is 22.6. The average molecular weight is 345 g/mol. The van der Waals surface area contributed by atoms with Crippen molar-refractivity contribution in [2.75, 3.05) is 13.1 Å². The number of aliphatic hydroxyl groups excluding tert-OH is 1. The van der Waals surface area contributed by atoms with Crippen molar-refractivity contribution in [3.05, 3.63) is 54.6 Å². The largest absolute Gasteiger partial charge is 0.457 e. The van der Waals surface area contributed by atoms with Crippen LogP contribution in [0.4, 0.5) is 0 Å². The lowest BCUT2D eigenvalue weighted by atomic mass is 10.0. The lowest BCUT2D eigenvalue weighted by Crippen LogP contribution is -2.29. The number of ether oxygens (including phenoxy) is 1. The molecule has 2 aromatic carbocycles. The van der Waals surface area contributed by atoms with Crippen molar-refractivity contribution >= 4 is 10.0 Å². The summed E-state index contributed by atoms with van der Waals surface area (Å²) < 4.78 is 32.6. The predicted molar refractivity (Wildman–Crippen MR) is 89.4 cm³/mol. The Bertz CT molecular complexity index is 829. The third-order valence-electron chi connectivity index (χ3n) is 4.91. The molecular weight excluding hydrogens is 326 g/mol. The van der Waals surface area contributed by atoms with Crippen LogP contribution in [0.2, 0.25) is 0 Å². The van der Waals surface area contributed by atoms with E-state index in [-0.39, 0.29) is 16.9 Å². The standard InChI is InChI=1S/C18H19NO4S/c20-17-12-19(13-18(17)10-11-18)24(21,22)16-8-6-15(7-9-16)23-14-4-2-1-3-5-14/h1-9,17,20H,10-13H2/t17-/m0/s1. The molecular formula is C18H19NO4S. The summed E-state index contributed by atoms with van der Waals surface area (Å²) in [7, 11) is -3.57. The molecule has 1 N–H and O–H groups in total. The molecule has 24 heavy (non-hydrogen) atoms. The Balaban J connectivity index is 1.52. The van der Waals surface area contributed by atoms with Crippen LogP contribution >= 0.6 is 0 Å². The zero-order valence-electron chi connectivity index (χ0n) is 13.1. The molecule has 126 valence electrons. The van der Waals surface area contributed by atoms with Gasteiger partial charge in [-0.2, -0.15) is 4.31 Å². The van der Waals surface area contributed by atoms with Crippen LogP contribution in [0, 0.1) is 5.41 Å². The first kappa shape index (κ1) is 15.6. The zero-order valence-corrected chi connectivity index (χ0v) is 13.9. The molecule has 6 heteroatoms. The topological polar surface area (TPSA) is 66.8 Å². The molecule has 1 saturated heterocycles. The van der Waals surface area contributed by atoms with Gasteiger partial charge in [0.15, 0.2) is 0 Å². The number of nitrogens with zero attached hydrogens (tertiary/aromatic N) is 1. The van der Waals surface area contributed by atoms with Crippen LogP contribution in [0.15, 0.2) is 59.5 Å². The maximum atomic E-state index is 12.7. The quantitative estimate of drug-likeness (QED) is 0.925. The van der Waals surface area contributed by atoms with Crippen molar-refractivity contribution < 1.29 is 18.3 Å². The van der Waals surface area contributed by atoms with Gasteiger partial charge in [-0.15, -0.1) is 0 Å². The monoisotopic (exact) mass is 345 g/mol. The fourth-order valence-corrected chi connectivity index (χ4v) is 4.74. The number of rotatable bonds is 4. The van der Waals surface area contributed by atoms with Crippen molar-refractivity contribution in [3.8, 4) is 11.5 Å². The minimum Gasteiger partial charge on any atom is -0.457 e. The molecule has 2 aromatic rings. The van der Waals surface area contributed by atoms with Gasteiger partial charge in [0.2, 0.25) is 10.0 Å². The molecule has 1 aliphatic carbocycles. The van der Waals surface area contributed by atoms with Crippen molar-refractivity contribution in [3.63, 3.8) is 0 Å². The summed E-state index contributed by atoms with van der Waals surface area (Å²) in [6.45, 7) is 0.601. The fourth-order valence-electron chi connectivity index (χ4n) is 3.20. The summed E-state index contributed by atoms with van der Waals surface area (Å²) >= 11 is 0. The second kappa shape index (κ2) is 5.58. The van der Waals surface area contributed by atoms with Gasteiger partial charge < -0.3 is 9.84 Å². The van der Waals surface area contributed by atoms with Crippen LogP contribution in [0.25, 0.3) is 0 Å². The number of hydrogen-bond donors (Lipinski definition) is 1. The van der Waals surface area contributed by atoms with Crippen LogP contribution in [0.3, 0.4) is 0 Å². The molecule has 1 heterocycles. The highest BCUT2D eigenvalue weighted by Crippen LogP contribution is 2.53. The molecule has 4 rings (SSSR count). The Labute approximate surface area is 141 Å². The Hall–Kier alpha value is -1.89. The summed E-state index contributed by atoms with van der Waals surface area (Å²) in [5.74, 6) is 1.28. The maximum Gasteiger partial charge on any atom is 0.243 e. The molecule has 1 spiro atoms. The lowest BCUT2D eigenvalue weighted by Gasteiger charge is -2.16. The molecule has 0 aromatic heterocycles. The predicted octanol–water partition coefficient (Wildman–Crippen LogP) is 2.62. The van der Waals surface area contributed by atoms with Crippen molar-refractivity contribution in [1.82, 2.24) is 4.31 Å². The van der Waals surface area contributed by atoms with Gasteiger partial charge in [-0.3, -0.25) is 0 Å². The highest BCUT2D eigenvalue weighted by Gasteiger charge is 2.56. The lowest BCUT2D eigenvalue weighted by molar-refractivity contribution is 0.134. The number of hydrogen-bond acceptors (Lipinski definition) is 4. The van der Waals surface area contributed by atoms with Gasteiger partial charge in [-0.1, -0.05) is 18.2 Å². The zero-order chi connectivity index (χ0) is 16.8. The third kappa shape index (κ3) is 2.70. The summed E-state index contributed by atoms with van der Waals surface area (Å²) in [5, 5.41) is 10.1. The summed E-state index contributed by atoms with van der Waals surface area (Å²) in [6.07, 6.45) is 1.27. The molecule has 0 bridgehead atoms. The Morgan fingerprint density at radius 2 is 1.62 bits per heavy atom. The van der Waals surface area contributed by atoms with E-state index in [1.165, 1.54) is 4.31 Å². The number of aliphatic hydroxyl groups is 1. The van der Waals surface area contributed by atoms with Gasteiger partial charge in [0.05, 0.1) is 11.0 Å². The van der Waals surface area contributed by atoms with Crippen molar-refractivity contribution in [1.29, 1.82) is 0 Å². The molecule has 1 saturated carbocycles. The second-order valence-corrected chi connectivity index (χ2v) is 8.50. The molecule has 0 radical (unpaired) electrons. The minimum atomic E-state index is -3.57. The van der Waals surface area contributed by atoms with Crippen LogP contribution < -0.4 is 4.74 Å². The molecule has 0 amide bonds. The summed E-state index contributed by atoms with van der Waals surface area (Å²) in [6, 6.07) is 15.7. The SMILES string of the molecule is O=S(=O)(c1ccc(Oc2ccccc2)cc1)N1C[C@H](O)C2(CC2)C1. The van der Waals surface area contributed by atoms with E-state index in [2.05, 4.69) is 0 Å². The first-order chi connectivity index (χ1) is 11.5. The van der Waals surface area contributed by atoms with E-state index >= 15 is 0 Å². The molecule has 5 nitrogen and oxygen atoms in total. The van der Waals surface area contributed by atoms with Crippen LogP contribution in [0.5, 0.6) is 11.5 Å². The summed E-state index contributed by atoms with van der Waals surface area (Å²) in [4.78, 5) is 0.229. The third-order valence-corrected chi connectivity index (χ3v) is 6.73. The highest BCUT2D eigenvalue weighted by molar-refractivity contribution is 7.89. The molecule has 0 unspecified atom stereocenters. The van der Waals surface area contributed by atoms with E-state index in [0.717, 1.165) is 12.8 Å². The van der Waals surface area contributed by atoms with Crippen LogP contribution in [-0.2, 0) is 10.0 Å². The smallest absolute Gasteiger partial charge is 0.243 e. The van der Waals surface area contributed by atoms with E-state index < -0.39 is 16.1 Å². The van der Waals surface area contributed by atoms with Crippen molar-refractivity contribution in [2.45, 2.75) is 23.8 Å². The van der Waals surface area contributed by atoms with Gasteiger partial charge in [0.1, 0.15) is 11.5 Å². The van der Waals surface area contributed by atoms with Gasteiger partial charge >= 0.3 is 0 Å². The number of sulfonamides is 1. The fraction of sp³-hybridized carbons (Fsp3) is 0.333. The van der Waals surface area contributed by atoms with E-state index in [9.17, 15) is 13.5 Å². The number of para-hydroxylation sites is 1. The van der Waals surface area contributed by atoms with Gasteiger partial charge in [0, 0.05) is 18.5 Å². The van der Waals surface area contributed by atoms with E-state index in [1.54, 1.807) is 24.3 Å². The van der Waals surface area contributed by atoms with Crippen molar-refractivity contribution in [2.24, 2.45) is 5.41 Å². The molecule has 1 atom stereocenters. The van der Waals surface area contributed by atoms with Gasteiger partial charge in [-0.25, -0.2) is 8.42 Å². The van der Waals surface area contributed by atoms with Gasteiger partial charge in [0.25, 0.3) is 0 Å². The average Bonchev–Trinajstić information content (AvgIpc) is 3.28. The number of β-amino-alcohol motifs (C(OH)–C–C–N with tert-alkyl or cyclic N) is 1. The highest BCUT2D eigenvalue weighted by atomic mass is 32.2. The Morgan fingerprint density at radius 1 is 1.00 bits per heavy atom. The van der Waals surface area contributed by atoms with Gasteiger partial charge in [-0.05, 0) is 49.2 Å². The first-order valence-corrected chi connectivity index (χ1v) is 9.45. The van der Waals surface area contributed by atoms with Crippen LogP contribution in [0.1, 0.15) is 12.8 Å². The molecule has 2 fully saturated rings. The first-order valence-electron chi connectivity index (χ1n) is 8.01. The Kier molecular flexibility index (Phi) is 3.63. The van der Waals surface area contributed by atoms with E-state index in [4.69, 9.17) is 4.74 Å². The minimum absolute atomic E-state index is 0.185. The maximum absolute atomic E-state index is 12.7. The molecule has 2 aliphatic rings. The second-order valence-electron chi connectivity index (χ2n) is 6.56. The Morgan fingerprint density at radius 3 is 2.21 bits per heavy atom. The molecule has 1 aliphatic heterocycles. The number of benzene rings is 2. The van der Waals surface area contributed by atoms with Crippen LogP contribution in [-0.4, -0.2) is 37.0 Å². The van der Waals surface area contributed by atoms with E-state index in [1.807, 2.05) is 30.3 Å².